The van der Waals surface area contributed by atoms with Gasteiger partial charge in [0.25, 0.3) is 5.91 Å². The van der Waals surface area contributed by atoms with E-state index < -0.39 is 0 Å². The zero-order valence-electron chi connectivity index (χ0n) is 13.1. The van der Waals surface area contributed by atoms with Gasteiger partial charge in [-0.2, -0.15) is 0 Å². The van der Waals surface area contributed by atoms with E-state index >= 15 is 0 Å². The molecule has 0 aliphatic rings. The lowest BCUT2D eigenvalue weighted by molar-refractivity contribution is -0.120. The van der Waals surface area contributed by atoms with Gasteiger partial charge < -0.3 is 20.1 Å². The SMILES string of the molecule is C=CCOc1ccc(C(=O)NCC(=O)NC(C)C)cc1OC. The fourth-order valence-corrected chi connectivity index (χ4v) is 1.71. The predicted octanol–water partition coefficient (Wildman–Crippen LogP) is 1.51. The van der Waals surface area contributed by atoms with E-state index in [4.69, 9.17) is 9.47 Å². The van der Waals surface area contributed by atoms with E-state index in [-0.39, 0.29) is 24.4 Å². The molecule has 1 rings (SSSR count). The van der Waals surface area contributed by atoms with E-state index in [0.717, 1.165) is 0 Å². The Labute approximate surface area is 130 Å². The van der Waals surface area contributed by atoms with Crippen LogP contribution in [-0.4, -0.2) is 38.1 Å². The summed E-state index contributed by atoms with van der Waals surface area (Å²) in [4.78, 5) is 23.5. The van der Waals surface area contributed by atoms with Crippen molar-refractivity contribution in [3.63, 3.8) is 0 Å². The van der Waals surface area contributed by atoms with Crippen LogP contribution in [0.15, 0.2) is 30.9 Å². The van der Waals surface area contributed by atoms with E-state index in [1.807, 2.05) is 13.8 Å². The molecule has 1 aromatic rings. The Morgan fingerprint density at radius 3 is 2.64 bits per heavy atom. The highest BCUT2D eigenvalue weighted by atomic mass is 16.5. The summed E-state index contributed by atoms with van der Waals surface area (Å²) < 4.78 is 10.6. The third-order valence-electron chi connectivity index (χ3n) is 2.64. The smallest absolute Gasteiger partial charge is 0.251 e. The summed E-state index contributed by atoms with van der Waals surface area (Å²) in [6, 6.07) is 4.85. The molecule has 0 radical (unpaired) electrons. The maximum atomic E-state index is 12.0. The molecule has 0 atom stereocenters. The molecule has 6 nitrogen and oxygen atoms in total. The van der Waals surface area contributed by atoms with Gasteiger partial charge in [-0.25, -0.2) is 0 Å². The standard InChI is InChI=1S/C16H22N2O4/c1-5-8-22-13-7-6-12(9-14(13)21-4)16(20)17-10-15(19)18-11(2)3/h5-7,9,11H,1,8,10H2,2-4H3,(H,17,20)(H,18,19). The number of nitrogens with one attached hydrogen (secondary N) is 2. The first kappa shape index (κ1) is 17.6. The molecule has 0 aliphatic heterocycles. The third-order valence-corrected chi connectivity index (χ3v) is 2.64. The average Bonchev–Trinajstić information content (AvgIpc) is 2.49. The van der Waals surface area contributed by atoms with Crippen LogP contribution in [0.1, 0.15) is 24.2 Å². The lowest BCUT2D eigenvalue weighted by atomic mass is 10.2. The fourth-order valence-electron chi connectivity index (χ4n) is 1.71. The number of benzene rings is 1. The Hall–Kier alpha value is -2.50. The van der Waals surface area contributed by atoms with Gasteiger partial charge in [-0.1, -0.05) is 12.7 Å². The number of rotatable bonds is 8. The Morgan fingerprint density at radius 1 is 1.32 bits per heavy atom. The highest BCUT2D eigenvalue weighted by molar-refractivity contribution is 5.97. The van der Waals surface area contributed by atoms with E-state index in [1.165, 1.54) is 7.11 Å². The van der Waals surface area contributed by atoms with Crippen LogP contribution in [0.3, 0.4) is 0 Å². The van der Waals surface area contributed by atoms with Gasteiger partial charge in [0.1, 0.15) is 6.61 Å². The summed E-state index contributed by atoms with van der Waals surface area (Å²) >= 11 is 0. The summed E-state index contributed by atoms with van der Waals surface area (Å²) in [6.07, 6.45) is 1.62. The second-order valence-electron chi connectivity index (χ2n) is 4.87. The molecule has 6 heteroatoms. The lowest BCUT2D eigenvalue weighted by Crippen LogP contribution is -2.39. The molecule has 0 unspecified atom stereocenters. The third kappa shape index (κ3) is 5.47. The molecular formula is C16H22N2O4. The van der Waals surface area contributed by atoms with Crippen LogP contribution in [0, 0.1) is 0 Å². The molecular weight excluding hydrogens is 284 g/mol. The van der Waals surface area contributed by atoms with Crippen molar-refractivity contribution in [3.05, 3.63) is 36.4 Å². The molecule has 0 heterocycles. The normalized spacial score (nSPS) is 10.0. The minimum atomic E-state index is -0.354. The highest BCUT2D eigenvalue weighted by Crippen LogP contribution is 2.28. The van der Waals surface area contributed by atoms with Crippen molar-refractivity contribution in [2.45, 2.75) is 19.9 Å². The average molecular weight is 306 g/mol. The summed E-state index contributed by atoms with van der Waals surface area (Å²) in [5.74, 6) is 0.381. The van der Waals surface area contributed by atoms with Crippen LogP contribution in [0.4, 0.5) is 0 Å². The van der Waals surface area contributed by atoms with Crippen LogP contribution in [0.5, 0.6) is 11.5 Å². The number of carbonyl (C=O) groups is 2. The van der Waals surface area contributed by atoms with Crippen molar-refractivity contribution < 1.29 is 19.1 Å². The largest absolute Gasteiger partial charge is 0.493 e. The van der Waals surface area contributed by atoms with Gasteiger partial charge in [0.2, 0.25) is 5.91 Å². The van der Waals surface area contributed by atoms with Crippen LogP contribution >= 0.6 is 0 Å². The van der Waals surface area contributed by atoms with Crippen molar-refractivity contribution in [2.75, 3.05) is 20.3 Å². The minimum absolute atomic E-state index is 0.0331. The maximum absolute atomic E-state index is 12.0. The quantitative estimate of drug-likeness (QED) is 0.714. The van der Waals surface area contributed by atoms with Gasteiger partial charge in [0, 0.05) is 11.6 Å². The zero-order valence-corrected chi connectivity index (χ0v) is 13.1. The van der Waals surface area contributed by atoms with Crippen molar-refractivity contribution in [1.29, 1.82) is 0 Å². The predicted molar refractivity (Wildman–Crippen MR) is 84.3 cm³/mol. The molecule has 0 aliphatic carbocycles. The topological polar surface area (TPSA) is 76.7 Å². The molecule has 1 aromatic carbocycles. The molecule has 0 saturated heterocycles. The number of carbonyl (C=O) groups excluding carboxylic acids is 2. The van der Waals surface area contributed by atoms with Crippen LogP contribution in [0.2, 0.25) is 0 Å². The number of hydrogen-bond donors (Lipinski definition) is 2. The van der Waals surface area contributed by atoms with Gasteiger partial charge in [-0.15, -0.1) is 0 Å². The summed E-state index contributed by atoms with van der Waals surface area (Å²) in [5.41, 5.74) is 0.389. The molecule has 0 aromatic heterocycles. The zero-order chi connectivity index (χ0) is 16.5. The number of methoxy groups -OCH3 is 1. The molecule has 2 N–H and O–H groups in total. The molecule has 22 heavy (non-hydrogen) atoms. The van der Waals surface area contributed by atoms with Gasteiger partial charge in [-0.05, 0) is 32.0 Å². The molecule has 0 fully saturated rings. The Balaban J connectivity index is 2.69. The number of amides is 2. The summed E-state index contributed by atoms with van der Waals surface area (Å²) in [6.45, 7) is 7.55. The van der Waals surface area contributed by atoms with Crippen molar-refractivity contribution in [1.82, 2.24) is 10.6 Å². The summed E-state index contributed by atoms with van der Waals surface area (Å²) in [7, 11) is 1.49. The lowest BCUT2D eigenvalue weighted by Gasteiger charge is -2.12. The molecule has 0 spiro atoms. The van der Waals surface area contributed by atoms with E-state index in [9.17, 15) is 9.59 Å². The van der Waals surface area contributed by atoms with Crippen molar-refractivity contribution in [3.8, 4) is 11.5 Å². The maximum Gasteiger partial charge on any atom is 0.251 e. The number of ether oxygens (including phenoxy) is 2. The first-order chi connectivity index (χ1) is 10.5. The first-order valence-electron chi connectivity index (χ1n) is 6.97. The molecule has 2 amide bonds. The second kappa shape index (κ2) is 8.71. The van der Waals surface area contributed by atoms with Gasteiger partial charge >= 0.3 is 0 Å². The Kier molecular flexibility index (Phi) is 6.95. The van der Waals surface area contributed by atoms with Crippen molar-refractivity contribution in [2.24, 2.45) is 0 Å². The minimum Gasteiger partial charge on any atom is -0.493 e. The van der Waals surface area contributed by atoms with Gasteiger partial charge in [-0.3, -0.25) is 9.59 Å². The van der Waals surface area contributed by atoms with Gasteiger partial charge in [0.05, 0.1) is 13.7 Å². The molecule has 120 valence electrons. The molecule has 0 saturated carbocycles. The Morgan fingerprint density at radius 2 is 2.05 bits per heavy atom. The molecule has 0 bridgehead atoms. The van der Waals surface area contributed by atoms with Crippen LogP contribution in [-0.2, 0) is 4.79 Å². The first-order valence-corrected chi connectivity index (χ1v) is 6.97. The monoisotopic (exact) mass is 306 g/mol. The van der Waals surface area contributed by atoms with Crippen molar-refractivity contribution >= 4 is 11.8 Å². The van der Waals surface area contributed by atoms with E-state index in [2.05, 4.69) is 17.2 Å². The summed E-state index contributed by atoms with van der Waals surface area (Å²) in [5, 5.41) is 5.25. The van der Waals surface area contributed by atoms with E-state index in [1.54, 1.807) is 24.3 Å². The van der Waals surface area contributed by atoms with Crippen LogP contribution in [0.25, 0.3) is 0 Å². The fraction of sp³-hybridized carbons (Fsp3) is 0.375. The number of hydrogen-bond acceptors (Lipinski definition) is 4. The van der Waals surface area contributed by atoms with Gasteiger partial charge in [0.15, 0.2) is 11.5 Å². The Bertz CT molecular complexity index is 541. The highest BCUT2D eigenvalue weighted by Gasteiger charge is 2.12. The second-order valence-corrected chi connectivity index (χ2v) is 4.87. The van der Waals surface area contributed by atoms with E-state index in [0.29, 0.717) is 23.7 Å². The van der Waals surface area contributed by atoms with Crippen LogP contribution < -0.4 is 20.1 Å².